The molecule has 1 heterocycles. The number of nitro benzene ring substituents is 1. The van der Waals surface area contributed by atoms with Crippen molar-refractivity contribution in [2.75, 3.05) is 4.90 Å². The molecule has 0 N–H and O–H groups in total. The van der Waals surface area contributed by atoms with Crippen LogP contribution in [0, 0.1) is 47.6 Å². The van der Waals surface area contributed by atoms with Crippen molar-refractivity contribution in [3.8, 4) is 0 Å². The fourth-order valence-electron chi connectivity index (χ4n) is 4.25. The van der Waals surface area contributed by atoms with E-state index in [0.717, 1.165) is 22.4 Å². The van der Waals surface area contributed by atoms with Gasteiger partial charge < -0.3 is 0 Å². The standard InChI is InChI=1S/C17H16N2O4/c1-8-5-12(13(19(22)23)6-9(8)2)18-16(20)14-10-3-4-11(7-10)15(14)17(18)21/h3-6,10-11,14-15H,7H2,1-2H3/t10-,11-,14-,15-/m0/s1. The number of imide groups is 1. The zero-order valence-corrected chi connectivity index (χ0v) is 12.9. The van der Waals surface area contributed by atoms with E-state index in [1.165, 1.54) is 6.07 Å². The smallest absolute Gasteiger partial charge is 0.274 e. The highest BCUT2D eigenvalue weighted by Crippen LogP contribution is 2.54. The number of nitrogens with zero attached hydrogens (tertiary/aromatic N) is 2. The monoisotopic (exact) mass is 312 g/mol. The van der Waals surface area contributed by atoms with Gasteiger partial charge in [0.05, 0.1) is 16.8 Å². The van der Waals surface area contributed by atoms with Gasteiger partial charge in [0.1, 0.15) is 5.69 Å². The largest absolute Gasteiger partial charge is 0.293 e. The molecule has 4 atom stereocenters. The molecule has 4 rings (SSSR count). The number of carbonyl (C=O) groups is 2. The van der Waals surface area contributed by atoms with Crippen LogP contribution in [-0.2, 0) is 9.59 Å². The molecule has 2 amide bonds. The molecule has 2 aliphatic carbocycles. The van der Waals surface area contributed by atoms with Gasteiger partial charge in [-0.05, 0) is 49.3 Å². The molecule has 118 valence electrons. The van der Waals surface area contributed by atoms with E-state index >= 15 is 0 Å². The summed E-state index contributed by atoms with van der Waals surface area (Å²) in [6.07, 6.45) is 4.86. The van der Waals surface area contributed by atoms with Crippen molar-refractivity contribution in [2.45, 2.75) is 20.3 Å². The molecule has 1 aliphatic heterocycles. The van der Waals surface area contributed by atoms with Gasteiger partial charge in [-0.2, -0.15) is 0 Å². The first-order valence-electron chi connectivity index (χ1n) is 7.72. The number of rotatable bonds is 2. The summed E-state index contributed by atoms with van der Waals surface area (Å²) >= 11 is 0. The van der Waals surface area contributed by atoms with Gasteiger partial charge in [0.25, 0.3) is 5.69 Å². The lowest BCUT2D eigenvalue weighted by molar-refractivity contribution is -0.384. The summed E-state index contributed by atoms with van der Waals surface area (Å²) in [5.74, 6) is -1.09. The summed E-state index contributed by atoms with van der Waals surface area (Å²) in [6, 6.07) is 3.02. The molecule has 6 nitrogen and oxygen atoms in total. The number of benzene rings is 1. The van der Waals surface area contributed by atoms with Gasteiger partial charge in [0.2, 0.25) is 11.8 Å². The van der Waals surface area contributed by atoms with Crippen molar-refractivity contribution in [3.63, 3.8) is 0 Å². The maximum atomic E-state index is 12.8. The number of hydrogen-bond donors (Lipinski definition) is 0. The topological polar surface area (TPSA) is 80.5 Å². The van der Waals surface area contributed by atoms with Crippen LogP contribution in [-0.4, -0.2) is 16.7 Å². The van der Waals surface area contributed by atoms with Gasteiger partial charge in [0, 0.05) is 6.07 Å². The Labute approximate surface area is 132 Å². The van der Waals surface area contributed by atoms with Crippen LogP contribution in [0.15, 0.2) is 24.3 Å². The van der Waals surface area contributed by atoms with Gasteiger partial charge in [-0.1, -0.05) is 12.2 Å². The predicted molar refractivity (Wildman–Crippen MR) is 82.8 cm³/mol. The van der Waals surface area contributed by atoms with E-state index in [0.29, 0.717) is 0 Å². The molecule has 6 heteroatoms. The molecule has 1 saturated carbocycles. The van der Waals surface area contributed by atoms with E-state index in [4.69, 9.17) is 0 Å². The fourth-order valence-corrected chi connectivity index (χ4v) is 4.25. The molecule has 23 heavy (non-hydrogen) atoms. The van der Waals surface area contributed by atoms with E-state index in [-0.39, 0.29) is 46.9 Å². The van der Waals surface area contributed by atoms with Crippen molar-refractivity contribution >= 4 is 23.2 Å². The molecule has 0 radical (unpaired) electrons. The predicted octanol–water partition coefficient (Wildman–Crippen LogP) is 2.52. The third-order valence-corrected chi connectivity index (χ3v) is 5.50. The van der Waals surface area contributed by atoms with Gasteiger partial charge >= 0.3 is 0 Å². The first-order valence-corrected chi connectivity index (χ1v) is 7.72. The van der Waals surface area contributed by atoms with Crippen molar-refractivity contribution in [2.24, 2.45) is 23.7 Å². The van der Waals surface area contributed by atoms with Crippen molar-refractivity contribution in [1.29, 1.82) is 0 Å². The number of amides is 2. The van der Waals surface area contributed by atoms with Crippen molar-refractivity contribution < 1.29 is 14.5 Å². The Bertz CT molecular complexity index is 768. The van der Waals surface area contributed by atoms with E-state index in [1.807, 2.05) is 19.1 Å². The van der Waals surface area contributed by atoms with Gasteiger partial charge in [-0.3, -0.25) is 19.7 Å². The third-order valence-electron chi connectivity index (χ3n) is 5.50. The van der Waals surface area contributed by atoms with Gasteiger partial charge in [0.15, 0.2) is 0 Å². The average molecular weight is 312 g/mol. The normalized spacial score (nSPS) is 31.1. The van der Waals surface area contributed by atoms with Crippen LogP contribution in [0.2, 0.25) is 0 Å². The minimum Gasteiger partial charge on any atom is -0.274 e. The Balaban J connectivity index is 1.84. The number of fused-ring (bicyclic) bond motifs is 5. The first-order chi connectivity index (χ1) is 10.9. The SMILES string of the molecule is Cc1cc(N2C(=O)[C@@H]3[C@@H](C2=O)[C@H]2C=C[C@H]3C2)c([N+](=O)[O-])cc1C. The average Bonchev–Trinajstić information content (AvgIpc) is 3.16. The first kappa shape index (κ1) is 14.1. The molecule has 0 aromatic heterocycles. The van der Waals surface area contributed by atoms with Crippen LogP contribution in [0.1, 0.15) is 17.5 Å². The number of aryl methyl sites for hydroxylation is 2. The van der Waals surface area contributed by atoms with E-state index in [1.54, 1.807) is 13.0 Å². The Kier molecular flexibility index (Phi) is 2.76. The third kappa shape index (κ3) is 1.75. The van der Waals surface area contributed by atoms with E-state index in [2.05, 4.69) is 0 Å². The summed E-state index contributed by atoms with van der Waals surface area (Å²) < 4.78 is 0. The molecule has 3 aliphatic rings. The lowest BCUT2D eigenvalue weighted by Gasteiger charge is -2.18. The Hall–Kier alpha value is -2.50. The highest BCUT2D eigenvalue weighted by molar-refractivity contribution is 6.23. The summed E-state index contributed by atoms with van der Waals surface area (Å²) in [7, 11) is 0. The second kappa shape index (κ2) is 4.50. The summed E-state index contributed by atoms with van der Waals surface area (Å²) in [4.78, 5) is 37.5. The minimum absolute atomic E-state index is 0.0945. The molecule has 2 bridgehead atoms. The molecule has 0 unspecified atom stereocenters. The summed E-state index contributed by atoms with van der Waals surface area (Å²) in [5.41, 5.74) is 1.52. The van der Waals surface area contributed by atoms with E-state index in [9.17, 15) is 19.7 Å². The highest BCUT2D eigenvalue weighted by Gasteiger charge is 2.60. The van der Waals surface area contributed by atoms with Crippen molar-refractivity contribution in [3.05, 3.63) is 45.5 Å². The van der Waals surface area contributed by atoms with Crippen LogP contribution >= 0.6 is 0 Å². The van der Waals surface area contributed by atoms with Crippen LogP contribution in [0.4, 0.5) is 11.4 Å². The van der Waals surface area contributed by atoms with Gasteiger partial charge in [-0.25, -0.2) is 4.90 Å². The molecule has 0 spiro atoms. The number of hydrogen-bond acceptors (Lipinski definition) is 4. The zero-order valence-electron chi connectivity index (χ0n) is 12.9. The Morgan fingerprint density at radius 3 is 2.09 bits per heavy atom. The van der Waals surface area contributed by atoms with Crippen LogP contribution in [0.3, 0.4) is 0 Å². The highest BCUT2D eigenvalue weighted by atomic mass is 16.6. The molecule has 2 fully saturated rings. The van der Waals surface area contributed by atoms with E-state index < -0.39 is 4.92 Å². The Morgan fingerprint density at radius 2 is 1.57 bits per heavy atom. The lowest BCUT2D eigenvalue weighted by atomic mass is 9.85. The maximum absolute atomic E-state index is 12.8. The second-order valence-corrected chi connectivity index (χ2v) is 6.69. The van der Waals surface area contributed by atoms with Crippen LogP contribution < -0.4 is 4.90 Å². The number of anilines is 1. The number of carbonyl (C=O) groups excluding carboxylic acids is 2. The fraction of sp³-hybridized carbons (Fsp3) is 0.412. The number of nitro groups is 1. The molecule has 1 aromatic rings. The minimum atomic E-state index is -0.525. The summed E-state index contributed by atoms with van der Waals surface area (Å²) in [6.45, 7) is 3.60. The van der Waals surface area contributed by atoms with Crippen LogP contribution in [0.5, 0.6) is 0 Å². The Morgan fingerprint density at radius 1 is 1.04 bits per heavy atom. The van der Waals surface area contributed by atoms with Crippen molar-refractivity contribution in [1.82, 2.24) is 0 Å². The second-order valence-electron chi connectivity index (χ2n) is 6.69. The molecule has 1 saturated heterocycles. The zero-order chi connectivity index (χ0) is 16.5. The quantitative estimate of drug-likeness (QED) is 0.364. The number of allylic oxidation sites excluding steroid dienone is 2. The van der Waals surface area contributed by atoms with Gasteiger partial charge in [-0.15, -0.1) is 0 Å². The molecular formula is C17H16N2O4. The maximum Gasteiger partial charge on any atom is 0.293 e. The van der Waals surface area contributed by atoms with Crippen LogP contribution in [0.25, 0.3) is 0 Å². The molecule has 1 aromatic carbocycles. The summed E-state index contributed by atoms with van der Waals surface area (Å²) in [5, 5.41) is 11.4. The molecular weight excluding hydrogens is 296 g/mol. The lowest BCUT2D eigenvalue weighted by Crippen LogP contribution is -2.33.